The molecule has 0 fully saturated rings. The number of tetrazole rings is 1. The fourth-order valence-corrected chi connectivity index (χ4v) is 2.30. The van der Waals surface area contributed by atoms with Gasteiger partial charge in [0.15, 0.2) is 6.29 Å². The van der Waals surface area contributed by atoms with E-state index in [0.717, 1.165) is 0 Å². The molecular weight excluding hydrogens is 270 g/mol. The van der Waals surface area contributed by atoms with E-state index in [-0.39, 0.29) is 11.2 Å². The molecule has 0 radical (unpaired) electrons. The number of carbonyl (C=O) groups is 1. The van der Waals surface area contributed by atoms with E-state index in [0.29, 0.717) is 11.7 Å². The quantitative estimate of drug-likeness (QED) is 0.510. The maximum Gasteiger partial charge on any atom is 0.235 e. The number of amides is 1. The van der Waals surface area contributed by atoms with E-state index in [4.69, 9.17) is 9.47 Å². The van der Waals surface area contributed by atoms with Gasteiger partial charge in [0, 0.05) is 28.3 Å². The Balaban J connectivity index is 2.70. The standard InChI is InChI=1S/C10H19N5O3S/c1-7(9(16)14(2)3)19-10-11-12-13-15(10)6-8(17-4)18-5/h7-8H,6H2,1-5H3. The second-order valence-corrected chi connectivity index (χ2v) is 5.35. The Hall–Kier alpha value is -1.19. The Morgan fingerprint density at radius 3 is 2.58 bits per heavy atom. The molecule has 0 aliphatic heterocycles. The first-order chi connectivity index (χ1) is 8.99. The highest BCUT2D eigenvalue weighted by Crippen LogP contribution is 2.21. The van der Waals surface area contributed by atoms with Crippen molar-refractivity contribution in [1.82, 2.24) is 25.1 Å². The topological polar surface area (TPSA) is 82.4 Å². The molecule has 8 nitrogen and oxygen atoms in total. The zero-order chi connectivity index (χ0) is 14.4. The molecule has 0 bridgehead atoms. The number of aromatic nitrogens is 4. The maximum atomic E-state index is 11.8. The van der Waals surface area contributed by atoms with Gasteiger partial charge >= 0.3 is 0 Å². The zero-order valence-corrected chi connectivity index (χ0v) is 12.5. The van der Waals surface area contributed by atoms with Gasteiger partial charge in [0.05, 0.1) is 11.8 Å². The highest BCUT2D eigenvalue weighted by Gasteiger charge is 2.21. The van der Waals surface area contributed by atoms with Gasteiger partial charge in [-0.3, -0.25) is 4.79 Å². The molecule has 0 aliphatic rings. The summed E-state index contributed by atoms with van der Waals surface area (Å²) in [7, 11) is 6.52. The van der Waals surface area contributed by atoms with Crippen LogP contribution in [0.25, 0.3) is 0 Å². The van der Waals surface area contributed by atoms with Crippen molar-refractivity contribution in [2.75, 3.05) is 28.3 Å². The highest BCUT2D eigenvalue weighted by atomic mass is 32.2. The molecule has 1 atom stereocenters. The van der Waals surface area contributed by atoms with Crippen LogP contribution < -0.4 is 0 Å². The molecule has 108 valence electrons. The number of nitrogens with zero attached hydrogens (tertiary/aromatic N) is 5. The molecule has 1 rings (SSSR count). The van der Waals surface area contributed by atoms with Gasteiger partial charge in [-0.15, -0.1) is 5.10 Å². The number of hydrogen-bond acceptors (Lipinski definition) is 7. The number of hydrogen-bond donors (Lipinski definition) is 0. The van der Waals surface area contributed by atoms with Gasteiger partial charge in [0.2, 0.25) is 11.1 Å². The molecule has 1 heterocycles. The van der Waals surface area contributed by atoms with Crippen LogP contribution in [0, 0.1) is 0 Å². The van der Waals surface area contributed by atoms with Crippen LogP contribution in [0.4, 0.5) is 0 Å². The third-order valence-corrected chi connectivity index (χ3v) is 3.48. The smallest absolute Gasteiger partial charge is 0.235 e. The zero-order valence-electron chi connectivity index (χ0n) is 11.7. The van der Waals surface area contributed by atoms with Crippen molar-refractivity contribution in [3.8, 4) is 0 Å². The Kier molecular flexibility index (Phi) is 6.19. The fourth-order valence-electron chi connectivity index (χ4n) is 1.35. The second kappa shape index (κ2) is 7.41. The predicted molar refractivity (Wildman–Crippen MR) is 69.6 cm³/mol. The lowest BCUT2D eigenvalue weighted by Gasteiger charge is -2.17. The summed E-state index contributed by atoms with van der Waals surface area (Å²) in [6.07, 6.45) is -0.428. The van der Waals surface area contributed by atoms with Crippen LogP contribution in [0.1, 0.15) is 6.92 Å². The normalized spacial score (nSPS) is 12.7. The van der Waals surface area contributed by atoms with E-state index >= 15 is 0 Å². The van der Waals surface area contributed by atoms with Crippen LogP contribution in [-0.2, 0) is 20.8 Å². The maximum absolute atomic E-state index is 11.8. The number of thioether (sulfide) groups is 1. The number of methoxy groups -OCH3 is 2. The van der Waals surface area contributed by atoms with E-state index in [1.165, 1.54) is 11.8 Å². The van der Waals surface area contributed by atoms with E-state index in [1.54, 1.807) is 37.9 Å². The summed E-state index contributed by atoms with van der Waals surface area (Å²) in [4.78, 5) is 13.3. The van der Waals surface area contributed by atoms with Crippen molar-refractivity contribution in [3.05, 3.63) is 0 Å². The summed E-state index contributed by atoms with van der Waals surface area (Å²) in [5.41, 5.74) is 0. The highest BCUT2D eigenvalue weighted by molar-refractivity contribution is 8.00. The molecule has 0 saturated heterocycles. The Bertz CT molecular complexity index is 408. The first-order valence-corrected chi connectivity index (χ1v) is 6.57. The molecule has 1 aromatic rings. The first kappa shape index (κ1) is 15.9. The first-order valence-electron chi connectivity index (χ1n) is 5.69. The fraction of sp³-hybridized carbons (Fsp3) is 0.800. The minimum Gasteiger partial charge on any atom is -0.354 e. The number of ether oxygens (including phenoxy) is 2. The number of carbonyl (C=O) groups excluding carboxylic acids is 1. The molecule has 9 heteroatoms. The summed E-state index contributed by atoms with van der Waals surface area (Å²) >= 11 is 1.30. The van der Waals surface area contributed by atoms with Gasteiger partial charge in [0.1, 0.15) is 0 Å². The van der Waals surface area contributed by atoms with Crippen LogP contribution in [-0.4, -0.2) is 70.9 Å². The molecule has 1 aromatic heterocycles. The van der Waals surface area contributed by atoms with Crippen LogP contribution in [0.15, 0.2) is 5.16 Å². The molecule has 0 aliphatic carbocycles. The van der Waals surface area contributed by atoms with Crippen molar-refractivity contribution in [2.45, 2.75) is 30.2 Å². The summed E-state index contributed by atoms with van der Waals surface area (Å²) < 4.78 is 11.7. The summed E-state index contributed by atoms with van der Waals surface area (Å²) in [5, 5.41) is 11.7. The lowest BCUT2D eigenvalue weighted by molar-refractivity contribution is -0.127. The largest absolute Gasteiger partial charge is 0.354 e. The van der Waals surface area contributed by atoms with Crippen molar-refractivity contribution in [1.29, 1.82) is 0 Å². The van der Waals surface area contributed by atoms with Gasteiger partial charge in [-0.2, -0.15) is 0 Å². The third kappa shape index (κ3) is 4.44. The summed E-state index contributed by atoms with van der Waals surface area (Å²) in [6, 6.07) is 0. The Morgan fingerprint density at radius 1 is 1.42 bits per heavy atom. The van der Waals surface area contributed by atoms with Gasteiger partial charge in [-0.25, -0.2) is 4.68 Å². The number of rotatable bonds is 7. The molecule has 19 heavy (non-hydrogen) atoms. The summed E-state index contributed by atoms with van der Waals surface area (Å²) in [6.45, 7) is 2.18. The molecular formula is C10H19N5O3S. The monoisotopic (exact) mass is 289 g/mol. The SMILES string of the molecule is COC(Cn1nnnc1SC(C)C(=O)N(C)C)OC. The third-order valence-electron chi connectivity index (χ3n) is 2.42. The molecule has 0 saturated carbocycles. The summed E-state index contributed by atoms with van der Waals surface area (Å²) in [5.74, 6) is 0.00887. The van der Waals surface area contributed by atoms with Crippen LogP contribution in [0.3, 0.4) is 0 Å². The second-order valence-electron chi connectivity index (χ2n) is 4.04. The predicted octanol–water partition coefficient (Wildman–Crippen LogP) is -0.139. The lowest BCUT2D eigenvalue weighted by Crippen LogP contribution is -2.30. The molecule has 0 N–H and O–H groups in total. The van der Waals surface area contributed by atoms with Crippen molar-refractivity contribution >= 4 is 17.7 Å². The van der Waals surface area contributed by atoms with E-state index in [2.05, 4.69) is 15.5 Å². The van der Waals surface area contributed by atoms with Crippen molar-refractivity contribution in [3.63, 3.8) is 0 Å². The van der Waals surface area contributed by atoms with Gasteiger partial charge < -0.3 is 14.4 Å². The van der Waals surface area contributed by atoms with Crippen LogP contribution >= 0.6 is 11.8 Å². The van der Waals surface area contributed by atoms with Crippen molar-refractivity contribution in [2.24, 2.45) is 0 Å². The lowest BCUT2D eigenvalue weighted by atomic mass is 10.4. The van der Waals surface area contributed by atoms with E-state index < -0.39 is 6.29 Å². The van der Waals surface area contributed by atoms with Crippen LogP contribution in [0.2, 0.25) is 0 Å². The van der Waals surface area contributed by atoms with Gasteiger partial charge in [0.25, 0.3) is 0 Å². The van der Waals surface area contributed by atoms with Gasteiger partial charge in [-0.1, -0.05) is 11.8 Å². The average Bonchev–Trinajstić information content (AvgIpc) is 2.81. The van der Waals surface area contributed by atoms with E-state index in [9.17, 15) is 4.79 Å². The minimum atomic E-state index is -0.428. The van der Waals surface area contributed by atoms with Gasteiger partial charge in [-0.05, 0) is 17.4 Å². The molecule has 0 spiro atoms. The Labute approximate surface area is 116 Å². The van der Waals surface area contributed by atoms with Crippen molar-refractivity contribution < 1.29 is 14.3 Å². The van der Waals surface area contributed by atoms with Crippen LogP contribution in [0.5, 0.6) is 0 Å². The molecule has 1 unspecified atom stereocenters. The van der Waals surface area contributed by atoms with E-state index in [1.807, 2.05) is 6.92 Å². The molecule has 1 amide bonds. The minimum absolute atomic E-state index is 0.00887. The Morgan fingerprint density at radius 2 is 2.05 bits per heavy atom. The average molecular weight is 289 g/mol. The molecule has 0 aromatic carbocycles.